The van der Waals surface area contributed by atoms with E-state index in [1.165, 1.54) is 25.7 Å². The van der Waals surface area contributed by atoms with E-state index in [2.05, 4.69) is 19.2 Å². The lowest BCUT2D eigenvalue weighted by atomic mass is 9.80. The van der Waals surface area contributed by atoms with Gasteiger partial charge in [-0.1, -0.05) is 20.3 Å². The zero-order valence-electron chi connectivity index (χ0n) is 12.4. The summed E-state index contributed by atoms with van der Waals surface area (Å²) in [4.78, 5) is 0. The van der Waals surface area contributed by atoms with Crippen LogP contribution in [0.3, 0.4) is 0 Å². The zero-order chi connectivity index (χ0) is 13.2. The minimum atomic E-state index is -0.459. The van der Waals surface area contributed by atoms with Crippen molar-refractivity contribution < 1.29 is 5.11 Å². The van der Waals surface area contributed by atoms with Crippen LogP contribution in [0.25, 0.3) is 0 Å². The fourth-order valence-corrected chi connectivity index (χ4v) is 4.04. The van der Waals surface area contributed by atoms with Gasteiger partial charge in [0.25, 0.3) is 0 Å². The van der Waals surface area contributed by atoms with Gasteiger partial charge in [0, 0.05) is 0 Å². The number of nitrogens with one attached hydrogen (secondary N) is 1. The van der Waals surface area contributed by atoms with Crippen molar-refractivity contribution in [1.29, 1.82) is 0 Å². The average molecular weight is 253 g/mol. The molecule has 0 aromatic carbocycles. The standard InChI is InChI=1S/C16H31NO/c1-12(2)11-17-7-6-16(3,18)10-15-9-13-4-5-14(15)8-13/h12-15,17-18H,4-11H2,1-3H3. The van der Waals surface area contributed by atoms with E-state index in [9.17, 15) is 5.11 Å². The highest BCUT2D eigenvalue weighted by molar-refractivity contribution is 4.93. The summed E-state index contributed by atoms with van der Waals surface area (Å²) < 4.78 is 0. The minimum Gasteiger partial charge on any atom is -0.390 e. The van der Waals surface area contributed by atoms with Gasteiger partial charge < -0.3 is 10.4 Å². The first kappa shape index (κ1) is 14.3. The van der Waals surface area contributed by atoms with Crippen molar-refractivity contribution in [3.8, 4) is 0 Å². The van der Waals surface area contributed by atoms with E-state index in [4.69, 9.17) is 0 Å². The van der Waals surface area contributed by atoms with Crippen LogP contribution in [-0.4, -0.2) is 23.8 Å². The molecule has 4 unspecified atom stereocenters. The number of fused-ring (bicyclic) bond motifs is 2. The molecular formula is C16H31NO. The van der Waals surface area contributed by atoms with Crippen molar-refractivity contribution in [3.05, 3.63) is 0 Å². The molecule has 2 aliphatic rings. The van der Waals surface area contributed by atoms with Crippen molar-refractivity contribution in [2.75, 3.05) is 13.1 Å². The van der Waals surface area contributed by atoms with E-state index >= 15 is 0 Å². The summed E-state index contributed by atoms with van der Waals surface area (Å²) in [6.07, 6.45) is 7.65. The Labute approximate surface area is 113 Å². The van der Waals surface area contributed by atoms with Gasteiger partial charge in [0.05, 0.1) is 5.60 Å². The van der Waals surface area contributed by atoms with Crippen LogP contribution in [0, 0.1) is 23.7 Å². The lowest BCUT2D eigenvalue weighted by Gasteiger charge is -2.31. The molecule has 18 heavy (non-hydrogen) atoms. The van der Waals surface area contributed by atoms with E-state index in [0.29, 0.717) is 5.92 Å². The molecular weight excluding hydrogens is 222 g/mol. The molecule has 2 nitrogen and oxygen atoms in total. The molecule has 2 N–H and O–H groups in total. The Morgan fingerprint density at radius 2 is 2.06 bits per heavy atom. The topological polar surface area (TPSA) is 32.3 Å². The van der Waals surface area contributed by atoms with Crippen LogP contribution in [0.5, 0.6) is 0 Å². The molecule has 4 atom stereocenters. The summed E-state index contributed by atoms with van der Waals surface area (Å²) in [5.74, 6) is 3.43. The molecule has 2 fully saturated rings. The predicted molar refractivity (Wildman–Crippen MR) is 76.5 cm³/mol. The Balaban J connectivity index is 1.67. The van der Waals surface area contributed by atoms with Gasteiger partial charge in [0.15, 0.2) is 0 Å². The number of aliphatic hydroxyl groups is 1. The van der Waals surface area contributed by atoms with Crippen LogP contribution >= 0.6 is 0 Å². The third-order valence-corrected chi connectivity index (χ3v) is 4.98. The average Bonchev–Trinajstić information content (AvgIpc) is 2.85. The Bertz CT molecular complexity index is 262. The maximum atomic E-state index is 10.5. The lowest BCUT2D eigenvalue weighted by molar-refractivity contribution is 0.0168. The van der Waals surface area contributed by atoms with Gasteiger partial charge in [-0.05, 0) is 75.8 Å². The maximum absolute atomic E-state index is 10.5. The molecule has 0 amide bonds. The Morgan fingerprint density at radius 3 is 2.61 bits per heavy atom. The van der Waals surface area contributed by atoms with Crippen molar-refractivity contribution >= 4 is 0 Å². The molecule has 2 saturated carbocycles. The first-order valence-corrected chi connectivity index (χ1v) is 7.89. The smallest absolute Gasteiger partial charge is 0.0634 e. The number of hydrogen-bond acceptors (Lipinski definition) is 2. The molecule has 0 radical (unpaired) electrons. The van der Waals surface area contributed by atoms with E-state index in [0.717, 1.165) is 43.7 Å². The highest BCUT2D eigenvalue weighted by atomic mass is 16.3. The highest BCUT2D eigenvalue weighted by Gasteiger charge is 2.41. The third-order valence-electron chi connectivity index (χ3n) is 4.98. The summed E-state index contributed by atoms with van der Waals surface area (Å²) in [6.45, 7) is 8.49. The molecule has 2 bridgehead atoms. The first-order valence-electron chi connectivity index (χ1n) is 7.89. The highest BCUT2D eigenvalue weighted by Crippen LogP contribution is 2.50. The van der Waals surface area contributed by atoms with Crippen molar-refractivity contribution in [2.45, 2.75) is 64.9 Å². The van der Waals surface area contributed by atoms with Gasteiger partial charge in [0.1, 0.15) is 0 Å². The van der Waals surface area contributed by atoms with E-state index in [1.807, 2.05) is 6.92 Å². The van der Waals surface area contributed by atoms with Gasteiger partial charge in [-0.2, -0.15) is 0 Å². The van der Waals surface area contributed by atoms with Gasteiger partial charge >= 0.3 is 0 Å². The van der Waals surface area contributed by atoms with Crippen LogP contribution in [0.15, 0.2) is 0 Å². The molecule has 2 heteroatoms. The summed E-state index contributed by atoms with van der Waals surface area (Å²) in [5, 5.41) is 14.0. The van der Waals surface area contributed by atoms with Crippen LogP contribution in [0.2, 0.25) is 0 Å². The van der Waals surface area contributed by atoms with Crippen LogP contribution in [0.4, 0.5) is 0 Å². The summed E-state index contributed by atoms with van der Waals surface area (Å²) >= 11 is 0. The molecule has 0 aromatic rings. The lowest BCUT2D eigenvalue weighted by Crippen LogP contribution is -2.34. The molecule has 0 aliphatic heterocycles. The van der Waals surface area contributed by atoms with E-state index in [1.54, 1.807) is 0 Å². The molecule has 0 spiro atoms. The number of hydrogen-bond donors (Lipinski definition) is 2. The molecule has 0 saturated heterocycles. The normalized spacial score (nSPS) is 34.2. The summed E-state index contributed by atoms with van der Waals surface area (Å²) in [6, 6.07) is 0. The van der Waals surface area contributed by atoms with E-state index < -0.39 is 5.60 Å². The molecule has 2 rings (SSSR count). The van der Waals surface area contributed by atoms with Crippen LogP contribution < -0.4 is 5.32 Å². The molecule has 0 aromatic heterocycles. The summed E-state index contributed by atoms with van der Waals surface area (Å²) in [7, 11) is 0. The Hall–Kier alpha value is -0.0800. The number of rotatable bonds is 7. The van der Waals surface area contributed by atoms with Crippen molar-refractivity contribution in [2.24, 2.45) is 23.7 Å². The van der Waals surface area contributed by atoms with Crippen LogP contribution in [-0.2, 0) is 0 Å². The quantitative estimate of drug-likeness (QED) is 0.683. The second-order valence-corrected chi connectivity index (χ2v) is 7.48. The SMILES string of the molecule is CC(C)CNCCC(C)(O)CC1CC2CCC1C2. The maximum Gasteiger partial charge on any atom is 0.0634 e. The van der Waals surface area contributed by atoms with Crippen LogP contribution in [0.1, 0.15) is 59.3 Å². The second kappa shape index (κ2) is 5.92. The predicted octanol–water partition coefficient (Wildman–Crippen LogP) is 3.20. The van der Waals surface area contributed by atoms with Gasteiger partial charge in [-0.3, -0.25) is 0 Å². The van der Waals surface area contributed by atoms with Crippen molar-refractivity contribution in [3.63, 3.8) is 0 Å². The third kappa shape index (κ3) is 3.96. The first-order chi connectivity index (χ1) is 8.46. The van der Waals surface area contributed by atoms with Gasteiger partial charge in [-0.25, -0.2) is 0 Å². The van der Waals surface area contributed by atoms with E-state index in [-0.39, 0.29) is 0 Å². The largest absolute Gasteiger partial charge is 0.390 e. The Morgan fingerprint density at radius 1 is 1.28 bits per heavy atom. The monoisotopic (exact) mass is 253 g/mol. The van der Waals surface area contributed by atoms with Gasteiger partial charge in [-0.15, -0.1) is 0 Å². The minimum absolute atomic E-state index is 0.459. The molecule has 0 heterocycles. The Kier molecular flexibility index (Phi) is 4.71. The summed E-state index contributed by atoms with van der Waals surface area (Å²) in [5.41, 5.74) is -0.459. The molecule has 2 aliphatic carbocycles. The second-order valence-electron chi connectivity index (χ2n) is 7.48. The molecule has 106 valence electrons. The zero-order valence-corrected chi connectivity index (χ0v) is 12.4. The fraction of sp³-hybridized carbons (Fsp3) is 1.00. The van der Waals surface area contributed by atoms with Crippen molar-refractivity contribution in [1.82, 2.24) is 5.32 Å². The van der Waals surface area contributed by atoms with Gasteiger partial charge in [0.2, 0.25) is 0 Å². The fourth-order valence-electron chi connectivity index (χ4n) is 4.04.